The summed E-state index contributed by atoms with van der Waals surface area (Å²) >= 11 is 0. The summed E-state index contributed by atoms with van der Waals surface area (Å²) < 4.78 is 22.4. The van der Waals surface area contributed by atoms with Gasteiger partial charge in [0.15, 0.2) is 18.4 Å². The molecule has 0 unspecified atom stereocenters. The van der Waals surface area contributed by atoms with E-state index in [-0.39, 0.29) is 18.1 Å². The van der Waals surface area contributed by atoms with Crippen molar-refractivity contribution in [3.8, 4) is 5.75 Å². The summed E-state index contributed by atoms with van der Waals surface area (Å²) in [5.41, 5.74) is -0.220. The molecule has 76 valence electrons. The van der Waals surface area contributed by atoms with Gasteiger partial charge >= 0.3 is 5.97 Å². The Hall–Kier alpha value is -1.62. The van der Waals surface area contributed by atoms with Crippen LogP contribution < -0.4 is 4.74 Å². The second-order valence-corrected chi connectivity index (χ2v) is 2.47. The zero-order chi connectivity index (χ0) is 10.6. The van der Waals surface area contributed by atoms with E-state index in [9.17, 15) is 9.18 Å². The number of carboxylic acids is 1. The van der Waals surface area contributed by atoms with Gasteiger partial charge in [-0.1, -0.05) is 6.07 Å². The number of hydrogen-bond donors (Lipinski definition) is 1. The molecule has 4 nitrogen and oxygen atoms in total. The molecule has 1 rings (SSSR count). The summed E-state index contributed by atoms with van der Waals surface area (Å²) in [6.45, 7) is -0.193. The van der Waals surface area contributed by atoms with Gasteiger partial charge in [-0.2, -0.15) is 0 Å². The van der Waals surface area contributed by atoms with Crippen molar-refractivity contribution in [2.75, 3.05) is 13.9 Å². The first-order chi connectivity index (χ1) is 6.66. The minimum Gasteiger partial charge on any atom is -0.478 e. The number of aromatic carboxylic acids is 1. The fourth-order valence-electron chi connectivity index (χ4n) is 0.942. The van der Waals surface area contributed by atoms with E-state index in [1.54, 1.807) is 0 Å². The molecule has 0 radical (unpaired) electrons. The van der Waals surface area contributed by atoms with Gasteiger partial charge in [0, 0.05) is 7.11 Å². The van der Waals surface area contributed by atoms with Crippen molar-refractivity contribution in [1.29, 1.82) is 0 Å². The third-order valence-electron chi connectivity index (χ3n) is 1.52. The van der Waals surface area contributed by atoms with Gasteiger partial charge < -0.3 is 14.6 Å². The van der Waals surface area contributed by atoms with Gasteiger partial charge in [0.1, 0.15) is 5.56 Å². The molecule has 0 bridgehead atoms. The van der Waals surface area contributed by atoms with Crippen LogP contribution in [0.1, 0.15) is 10.4 Å². The number of halogens is 1. The Bertz CT molecular complexity index is 338. The van der Waals surface area contributed by atoms with Gasteiger partial charge in [0.05, 0.1) is 0 Å². The molecule has 0 aliphatic carbocycles. The second-order valence-electron chi connectivity index (χ2n) is 2.47. The van der Waals surface area contributed by atoms with Gasteiger partial charge in [0.2, 0.25) is 0 Å². The molecule has 0 amide bonds. The molecule has 1 aromatic carbocycles. The third kappa shape index (κ3) is 2.20. The van der Waals surface area contributed by atoms with Crippen LogP contribution in [0.2, 0.25) is 0 Å². The number of methoxy groups -OCH3 is 1. The van der Waals surface area contributed by atoms with Gasteiger partial charge in [-0.15, -0.1) is 0 Å². The Balaban J connectivity index is 3.02. The van der Waals surface area contributed by atoms with Crippen LogP contribution in [0, 0.1) is 5.82 Å². The lowest BCUT2D eigenvalue weighted by atomic mass is 10.2. The molecular formula is C9H9FO4. The number of carboxylic acid groups (broad SMARTS) is 1. The van der Waals surface area contributed by atoms with Crippen molar-refractivity contribution in [3.63, 3.8) is 0 Å². The lowest BCUT2D eigenvalue weighted by Gasteiger charge is -2.08. The third-order valence-corrected chi connectivity index (χ3v) is 1.52. The van der Waals surface area contributed by atoms with Crippen molar-refractivity contribution >= 4 is 5.97 Å². The van der Waals surface area contributed by atoms with Crippen molar-refractivity contribution in [1.82, 2.24) is 0 Å². The lowest BCUT2D eigenvalue weighted by molar-refractivity contribution is 0.0456. The zero-order valence-corrected chi connectivity index (χ0v) is 7.49. The lowest BCUT2D eigenvalue weighted by Crippen LogP contribution is -2.07. The maximum Gasteiger partial charge on any atom is 0.339 e. The average molecular weight is 200 g/mol. The van der Waals surface area contributed by atoms with E-state index in [1.807, 2.05) is 0 Å². The standard InChI is InChI=1S/C9H9FO4/c1-13-5-14-8-6(9(11)12)3-2-4-7(8)10/h2-4H,5H2,1H3,(H,11,12). The number of rotatable bonds is 4. The van der Waals surface area contributed by atoms with Crippen molar-refractivity contribution in [3.05, 3.63) is 29.6 Å². The summed E-state index contributed by atoms with van der Waals surface area (Å²) in [7, 11) is 1.36. The largest absolute Gasteiger partial charge is 0.478 e. The molecule has 5 heteroatoms. The fraction of sp³-hybridized carbons (Fsp3) is 0.222. The maximum atomic E-state index is 13.1. The van der Waals surface area contributed by atoms with Crippen molar-refractivity contribution < 1.29 is 23.8 Å². The summed E-state index contributed by atoms with van der Waals surface area (Å²) in [6, 6.07) is 3.69. The SMILES string of the molecule is COCOc1c(F)cccc1C(=O)O. The van der Waals surface area contributed by atoms with Crippen LogP contribution in [0.15, 0.2) is 18.2 Å². The average Bonchev–Trinajstić information content (AvgIpc) is 2.15. The second kappa shape index (κ2) is 4.57. The molecule has 0 atom stereocenters. The highest BCUT2D eigenvalue weighted by Crippen LogP contribution is 2.22. The molecule has 0 saturated carbocycles. The fourth-order valence-corrected chi connectivity index (χ4v) is 0.942. The molecule has 14 heavy (non-hydrogen) atoms. The molecule has 1 N–H and O–H groups in total. The first kappa shape index (κ1) is 10.5. The summed E-state index contributed by atoms with van der Waals surface area (Å²) in [5, 5.41) is 8.70. The topological polar surface area (TPSA) is 55.8 Å². The van der Waals surface area contributed by atoms with E-state index in [0.29, 0.717) is 0 Å². The van der Waals surface area contributed by atoms with E-state index in [2.05, 4.69) is 4.74 Å². The van der Waals surface area contributed by atoms with Crippen LogP contribution in [0.4, 0.5) is 4.39 Å². The molecule has 0 heterocycles. The number of carbonyl (C=O) groups is 1. The first-order valence-electron chi connectivity index (χ1n) is 3.80. The highest BCUT2D eigenvalue weighted by Gasteiger charge is 2.15. The highest BCUT2D eigenvalue weighted by molar-refractivity contribution is 5.90. The van der Waals surface area contributed by atoms with Crippen molar-refractivity contribution in [2.45, 2.75) is 0 Å². The quantitative estimate of drug-likeness (QED) is 0.748. The molecule has 0 aromatic heterocycles. The molecular weight excluding hydrogens is 191 g/mol. The van der Waals surface area contributed by atoms with E-state index in [1.165, 1.54) is 19.2 Å². The first-order valence-corrected chi connectivity index (χ1v) is 3.80. The summed E-state index contributed by atoms with van der Waals surface area (Å²) in [5.74, 6) is -2.26. The van der Waals surface area contributed by atoms with Gasteiger partial charge in [-0.25, -0.2) is 9.18 Å². The Morgan fingerprint density at radius 1 is 1.57 bits per heavy atom. The van der Waals surface area contributed by atoms with Gasteiger partial charge in [0.25, 0.3) is 0 Å². The molecule has 0 aliphatic rings. The minimum atomic E-state index is -1.24. The molecule has 0 saturated heterocycles. The van der Waals surface area contributed by atoms with E-state index in [0.717, 1.165) is 6.07 Å². The Morgan fingerprint density at radius 2 is 2.29 bits per heavy atom. The Labute approximate surface area is 79.9 Å². The van der Waals surface area contributed by atoms with Crippen LogP contribution in [0.3, 0.4) is 0 Å². The molecule has 0 aliphatic heterocycles. The number of ether oxygens (including phenoxy) is 2. The molecule has 0 fully saturated rings. The van der Waals surface area contributed by atoms with E-state index < -0.39 is 11.8 Å². The normalized spacial score (nSPS) is 9.86. The molecule has 1 aromatic rings. The van der Waals surface area contributed by atoms with E-state index in [4.69, 9.17) is 9.84 Å². The van der Waals surface area contributed by atoms with Gasteiger partial charge in [-0.3, -0.25) is 0 Å². The number of hydrogen-bond acceptors (Lipinski definition) is 3. The Morgan fingerprint density at radius 3 is 2.86 bits per heavy atom. The predicted molar refractivity (Wildman–Crippen MR) is 45.9 cm³/mol. The predicted octanol–water partition coefficient (Wildman–Crippen LogP) is 1.51. The van der Waals surface area contributed by atoms with Crippen molar-refractivity contribution in [2.24, 2.45) is 0 Å². The monoisotopic (exact) mass is 200 g/mol. The van der Waals surface area contributed by atoms with E-state index >= 15 is 0 Å². The van der Waals surface area contributed by atoms with Gasteiger partial charge in [-0.05, 0) is 12.1 Å². The number of para-hydroxylation sites is 1. The van der Waals surface area contributed by atoms with Crippen LogP contribution in [0.5, 0.6) is 5.75 Å². The Kier molecular flexibility index (Phi) is 3.41. The summed E-state index contributed by atoms with van der Waals surface area (Å²) in [6.07, 6.45) is 0. The highest BCUT2D eigenvalue weighted by atomic mass is 19.1. The van der Waals surface area contributed by atoms with Crippen LogP contribution in [-0.2, 0) is 4.74 Å². The van der Waals surface area contributed by atoms with Crippen LogP contribution >= 0.6 is 0 Å². The van der Waals surface area contributed by atoms with Crippen LogP contribution in [-0.4, -0.2) is 25.0 Å². The minimum absolute atomic E-state index is 0.193. The molecule has 0 spiro atoms. The maximum absolute atomic E-state index is 13.1. The number of benzene rings is 1. The van der Waals surface area contributed by atoms with Crippen LogP contribution in [0.25, 0.3) is 0 Å². The zero-order valence-electron chi connectivity index (χ0n) is 7.49. The summed E-state index contributed by atoms with van der Waals surface area (Å²) in [4.78, 5) is 10.6. The smallest absolute Gasteiger partial charge is 0.339 e.